The Labute approximate surface area is 201 Å². The maximum absolute atomic E-state index is 13.4. The highest BCUT2D eigenvalue weighted by molar-refractivity contribution is 5.65. The third kappa shape index (κ3) is 7.38. The molecule has 6 nitrogen and oxygen atoms in total. The Bertz CT molecular complexity index is 1010. The zero-order valence-electron chi connectivity index (χ0n) is 20.6. The van der Waals surface area contributed by atoms with Gasteiger partial charge < -0.3 is 14.6 Å². The van der Waals surface area contributed by atoms with Crippen LogP contribution in [0.5, 0.6) is 11.6 Å². The molecule has 0 aliphatic rings. The molecule has 34 heavy (non-hydrogen) atoms. The number of hydrogen-bond donors (Lipinski definition) is 1. The first-order valence-electron chi connectivity index (χ1n) is 11.9. The number of aryl methyl sites for hydroxylation is 1. The second-order valence-corrected chi connectivity index (χ2v) is 9.00. The fourth-order valence-electron chi connectivity index (χ4n) is 3.83. The monoisotopic (exact) mass is 469 g/mol. The van der Waals surface area contributed by atoms with Crippen molar-refractivity contribution in [2.75, 3.05) is 26.3 Å². The van der Waals surface area contributed by atoms with Crippen LogP contribution in [0.4, 0.5) is 4.39 Å². The summed E-state index contributed by atoms with van der Waals surface area (Å²) in [5.74, 6) is 1.24. The topological polar surface area (TPSA) is 59.8 Å². The molecule has 0 saturated carbocycles. The fourth-order valence-corrected chi connectivity index (χ4v) is 3.83. The van der Waals surface area contributed by atoms with E-state index in [0.717, 1.165) is 29.8 Å². The van der Waals surface area contributed by atoms with Gasteiger partial charge in [0.1, 0.15) is 17.3 Å². The van der Waals surface area contributed by atoms with Crippen LogP contribution in [-0.4, -0.2) is 52.2 Å². The van der Waals surface area contributed by atoms with E-state index in [9.17, 15) is 9.50 Å². The molecule has 184 valence electrons. The summed E-state index contributed by atoms with van der Waals surface area (Å²) in [5.41, 5.74) is 2.73. The summed E-state index contributed by atoms with van der Waals surface area (Å²) < 4.78 is 27.0. The van der Waals surface area contributed by atoms with Gasteiger partial charge in [-0.3, -0.25) is 4.90 Å². The van der Waals surface area contributed by atoms with Crippen molar-refractivity contribution in [3.63, 3.8) is 0 Å². The van der Waals surface area contributed by atoms with Gasteiger partial charge in [0.05, 0.1) is 18.3 Å². The lowest BCUT2D eigenvalue weighted by Crippen LogP contribution is -2.35. The molecule has 0 spiro atoms. The van der Waals surface area contributed by atoms with Crippen LogP contribution in [0, 0.1) is 11.7 Å². The molecule has 0 fully saturated rings. The van der Waals surface area contributed by atoms with Gasteiger partial charge in [-0.2, -0.15) is 5.10 Å². The van der Waals surface area contributed by atoms with Gasteiger partial charge in [-0.05, 0) is 43.1 Å². The Morgan fingerprint density at radius 1 is 1.06 bits per heavy atom. The van der Waals surface area contributed by atoms with E-state index in [1.807, 2.05) is 37.4 Å². The number of rotatable bonds is 13. The molecule has 2 aromatic carbocycles. The lowest BCUT2D eigenvalue weighted by molar-refractivity contribution is 0.00685. The minimum Gasteiger partial charge on any atom is -0.439 e. The molecule has 1 atom stereocenters. The van der Waals surface area contributed by atoms with Crippen LogP contribution in [0.1, 0.15) is 32.8 Å². The van der Waals surface area contributed by atoms with Crippen molar-refractivity contribution in [2.45, 2.75) is 39.8 Å². The quantitative estimate of drug-likeness (QED) is 0.370. The number of nitrogens with zero attached hydrogens (tertiary/aromatic N) is 3. The number of benzene rings is 2. The van der Waals surface area contributed by atoms with Crippen LogP contribution in [0.2, 0.25) is 0 Å². The normalized spacial score (nSPS) is 12.5. The summed E-state index contributed by atoms with van der Waals surface area (Å²) in [6.07, 6.45) is 0.345. The van der Waals surface area contributed by atoms with Crippen molar-refractivity contribution >= 4 is 0 Å². The summed E-state index contributed by atoms with van der Waals surface area (Å²) in [5, 5.41) is 15.4. The van der Waals surface area contributed by atoms with Crippen LogP contribution in [0.25, 0.3) is 11.3 Å². The third-order valence-electron chi connectivity index (χ3n) is 5.32. The van der Waals surface area contributed by atoms with Gasteiger partial charge in [0.25, 0.3) is 0 Å². The molecule has 0 radical (unpaired) electrons. The number of aliphatic hydroxyl groups is 1. The molecule has 0 saturated heterocycles. The van der Waals surface area contributed by atoms with Crippen molar-refractivity contribution in [3.05, 3.63) is 66.0 Å². The van der Waals surface area contributed by atoms with Crippen LogP contribution < -0.4 is 4.74 Å². The number of aliphatic hydroxyl groups excluding tert-OH is 1. The highest BCUT2D eigenvalue weighted by Crippen LogP contribution is 2.34. The highest BCUT2D eigenvalue weighted by atomic mass is 19.1. The van der Waals surface area contributed by atoms with Gasteiger partial charge in [0.2, 0.25) is 5.88 Å². The van der Waals surface area contributed by atoms with E-state index in [1.54, 1.807) is 16.8 Å². The first kappa shape index (κ1) is 25.9. The van der Waals surface area contributed by atoms with Gasteiger partial charge in [0.15, 0.2) is 0 Å². The molecule has 0 bridgehead atoms. The van der Waals surface area contributed by atoms with Crippen molar-refractivity contribution in [2.24, 2.45) is 13.0 Å². The number of ether oxygens (including phenoxy) is 2. The minimum absolute atomic E-state index is 0.302. The maximum atomic E-state index is 13.4. The number of halogens is 1. The van der Waals surface area contributed by atoms with Crippen molar-refractivity contribution in [1.82, 2.24) is 14.7 Å². The zero-order valence-corrected chi connectivity index (χ0v) is 20.6. The highest BCUT2D eigenvalue weighted by Gasteiger charge is 2.23. The molecule has 1 aromatic heterocycles. The summed E-state index contributed by atoms with van der Waals surface area (Å²) in [6.45, 7) is 9.05. The van der Waals surface area contributed by atoms with E-state index in [0.29, 0.717) is 43.9 Å². The van der Waals surface area contributed by atoms with E-state index in [2.05, 4.69) is 25.7 Å². The van der Waals surface area contributed by atoms with E-state index in [1.165, 1.54) is 12.1 Å². The summed E-state index contributed by atoms with van der Waals surface area (Å²) in [6, 6.07) is 15.9. The molecule has 1 unspecified atom stereocenters. The van der Waals surface area contributed by atoms with Crippen LogP contribution in [-0.2, 0) is 18.3 Å². The van der Waals surface area contributed by atoms with E-state index in [-0.39, 0.29) is 5.82 Å². The molecule has 7 heteroatoms. The third-order valence-corrected chi connectivity index (χ3v) is 5.32. The smallest absolute Gasteiger partial charge is 0.222 e. The lowest BCUT2D eigenvalue weighted by Gasteiger charge is -2.25. The summed E-state index contributed by atoms with van der Waals surface area (Å²) in [7, 11) is 1.84. The number of aromatic nitrogens is 2. The molecule has 1 N–H and O–H groups in total. The van der Waals surface area contributed by atoms with Crippen LogP contribution >= 0.6 is 0 Å². The molecule has 0 aliphatic carbocycles. The maximum Gasteiger partial charge on any atom is 0.222 e. The zero-order chi connectivity index (χ0) is 24.5. The first-order valence-corrected chi connectivity index (χ1v) is 11.9. The lowest BCUT2D eigenvalue weighted by atomic mass is 10.1. The SMILES string of the molecule is CCCN(Cc1c(-c2ccccc2)nn(C)c1Oc1ccc(F)cc1)CC(O)COCC(C)C. The van der Waals surface area contributed by atoms with E-state index in [4.69, 9.17) is 14.6 Å². The Kier molecular flexibility index (Phi) is 9.62. The number of hydrogen-bond acceptors (Lipinski definition) is 5. The first-order chi connectivity index (χ1) is 16.4. The van der Waals surface area contributed by atoms with Gasteiger partial charge >= 0.3 is 0 Å². The van der Waals surface area contributed by atoms with Crippen molar-refractivity contribution in [1.29, 1.82) is 0 Å². The standard InChI is InChI=1S/C27H36FN3O3/c1-5-15-31(16-23(32)19-33-18-20(2)3)17-25-26(21-9-7-6-8-10-21)29-30(4)27(25)34-24-13-11-22(28)12-14-24/h6-14,20,23,32H,5,15-19H2,1-4H3. The second-order valence-electron chi connectivity index (χ2n) is 9.00. The Balaban J connectivity index is 1.88. The van der Waals surface area contributed by atoms with E-state index < -0.39 is 6.10 Å². The predicted octanol–water partition coefficient (Wildman–Crippen LogP) is 5.26. The largest absolute Gasteiger partial charge is 0.439 e. The van der Waals surface area contributed by atoms with Gasteiger partial charge in [-0.25, -0.2) is 9.07 Å². The second kappa shape index (κ2) is 12.6. The Morgan fingerprint density at radius 3 is 2.41 bits per heavy atom. The van der Waals surface area contributed by atoms with Crippen LogP contribution in [0.3, 0.4) is 0 Å². The van der Waals surface area contributed by atoms with E-state index >= 15 is 0 Å². The molecule has 0 amide bonds. The Morgan fingerprint density at radius 2 is 1.76 bits per heavy atom. The van der Waals surface area contributed by atoms with Gasteiger partial charge in [-0.15, -0.1) is 0 Å². The predicted molar refractivity (Wildman–Crippen MR) is 132 cm³/mol. The average Bonchev–Trinajstić information content (AvgIpc) is 3.10. The fraction of sp³-hybridized carbons (Fsp3) is 0.444. The average molecular weight is 470 g/mol. The van der Waals surface area contributed by atoms with Gasteiger partial charge in [-0.1, -0.05) is 51.1 Å². The minimum atomic E-state index is -0.594. The Hall–Kier alpha value is -2.74. The molecule has 1 heterocycles. The summed E-state index contributed by atoms with van der Waals surface area (Å²) in [4.78, 5) is 2.20. The molecule has 3 aromatic rings. The van der Waals surface area contributed by atoms with Gasteiger partial charge in [0, 0.05) is 32.3 Å². The summed E-state index contributed by atoms with van der Waals surface area (Å²) >= 11 is 0. The molecular formula is C27H36FN3O3. The van der Waals surface area contributed by atoms with Crippen molar-refractivity contribution in [3.8, 4) is 22.9 Å². The molecule has 0 aliphatic heterocycles. The molecular weight excluding hydrogens is 433 g/mol. The molecule has 3 rings (SSSR count). The van der Waals surface area contributed by atoms with Crippen molar-refractivity contribution < 1.29 is 19.0 Å². The van der Waals surface area contributed by atoms with Crippen LogP contribution in [0.15, 0.2) is 54.6 Å².